The molecular formula is C8H17N3. The molecule has 2 N–H and O–H groups in total. The molecule has 3 atom stereocenters. The summed E-state index contributed by atoms with van der Waals surface area (Å²) in [5.41, 5.74) is 5.69. The van der Waals surface area contributed by atoms with Crippen LogP contribution in [0.25, 0.3) is 0 Å². The van der Waals surface area contributed by atoms with Crippen molar-refractivity contribution in [2.24, 2.45) is 5.73 Å². The SMILES string of the molecule is NC[C@@H]1CN2CCCN1CC2. The predicted octanol–water partition coefficient (Wildman–Crippen LogP) is -0.665. The number of piperazine rings is 1. The third kappa shape index (κ3) is 1.41. The maximum absolute atomic E-state index is 5.69. The minimum atomic E-state index is 0.645. The molecule has 0 aromatic heterocycles. The first kappa shape index (κ1) is 7.53. The molecule has 3 nitrogen and oxygen atoms in total. The Labute approximate surface area is 68.1 Å². The van der Waals surface area contributed by atoms with Gasteiger partial charge in [-0.25, -0.2) is 0 Å². The summed E-state index contributed by atoms with van der Waals surface area (Å²) in [5.74, 6) is 0. The van der Waals surface area contributed by atoms with E-state index in [0.717, 1.165) is 6.54 Å². The van der Waals surface area contributed by atoms with Crippen LogP contribution in [0.15, 0.2) is 0 Å². The van der Waals surface area contributed by atoms with Gasteiger partial charge in [-0.2, -0.15) is 0 Å². The molecule has 3 aliphatic rings. The molecule has 0 radical (unpaired) electrons. The molecule has 0 spiro atoms. The van der Waals surface area contributed by atoms with Crippen LogP contribution in [-0.4, -0.2) is 55.1 Å². The van der Waals surface area contributed by atoms with E-state index in [4.69, 9.17) is 5.73 Å². The fourth-order valence-corrected chi connectivity index (χ4v) is 2.18. The van der Waals surface area contributed by atoms with Crippen molar-refractivity contribution >= 4 is 0 Å². The van der Waals surface area contributed by atoms with Crippen LogP contribution in [0.1, 0.15) is 6.42 Å². The normalized spacial score (nSPS) is 43.9. The van der Waals surface area contributed by atoms with Crippen molar-refractivity contribution in [3.05, 3.63) is 0 Å². The van der Waals surface area contributed by atoms with E-state index in [2.05, 4.69) is 9.80 Å². The number of hydrogen-bond acceptors (Lipinski definition) is 3. The highest BCUT2D eigenvalue weighted by Gasteiger charge is 2.28. The Hall–Kier alpha value is -0.120. The highest BCUT2D eigenvalue weighted by Crippen LogP contribution is 2.14. The van der Waals surface area contributed by atoms with E-state index in [1.165, 1.54) is 39.1 Å². The van der Waals surface area contributed by atoms with Gasteiger partial charge in [0.25, 0.3) is 0 Å². The van der Waals surface area contributed by atoms with E-state index >= 15 is 0 Å². The van der Waals surface area contributed by atoms with Crippen LogP contribution >= 0.6 is 0 Å². The quantitative estimate of drug-likeness (QED) is 0.545. The zero-order chi connectivity index (χ0) is 7.68. The van der Waals surface area contributed by atoms with Crippen molar-refractivity contribution in [2.75, 3.05) is 39.3 Å². The van der Waals surface area contributed by atoms with E-state index in [1.54, 1.807) is 0 Å². The number of fused-ring (bicyclic) bond motifs is 4. The van der Waals surface area contributed by atoms with Crippen molar-refractivity contribution in [2.45, 2.75) is 12.5 Å². The molecule has 3 saturated heterocycles. The summed E-state index contributed by atoms with van der Waals surface area (Å²) in [6, 6.07) is 0.645. The molecule has 3 fully saturated rings. The molecule has 3 aliphatic heterocycles. The second-order valence-electron chi connectivity index (χ2n) is 3.58. The second kappa shape index (κ2) is 3.09. The molecule has 2 unspecified atom stereocenters. The van der Waals surface area contributed by atoms with Gasteiger partial charge in [0, 0.05) is 32.2 Å². The van der Waals surface area contributed by atoms with Crippen LogP contribution in [0.5, 0.6) is 0 Å². The Morgan fingerprint density at radius 3 is 2.91 bits per heavy atom. The largest absolute Gasteiger partial charge is 0.329 e. The van der Waals surface area contributed by atoms with Crippen LogP contribution < -0.4 is 5.73 Å². The molecule has 0 amide bonds. The molecular weight excluding hydrogens is 138 g/mol. The molecule has 0 aromatic rings. The number of rotatable bonds is 1. The number of nitrogens with two attached hydrogens (primary N) is 1. The van der Waals surface area contributed by atoms with Gasteiger partial charge in [0.2, 0.25) is 0 Å². The third-order valence-corrected chi connectivity index (χ3v) is 2.88. The molecule has 0 saturated carbocycles. The van der Waals surface area contributed by atoms with Crippen LogP contribution in [0, 0.1) is 0 Å². The number of nitrogens with zero attached hydrogens (tertiary/aromatic N) is 2. The minimum Gasteiger partial charge on any atom is -0.329 e. The van der Waals surface area contributed by atoms with Gasteiger partial charge in [0.1, 0.15) is 0 Å². The first-order valence-corrected chi connectivity index (χ1v) is 4.56. The molecule has 0 aliphatic carbocycles. The molecule has 0 aromatic carbocycles. The van der Waals surface area contributed by atoms with Gasteiger partial charge in [-0.05, 0) is 19.5 Å². The summed E-state index contributed by atoms with van der Waals surface area (Å²) in [7, 11) is 0. The van der Waals surface area contributed by atoms with Gasteiger partial charge >= 0.3 is 0 Å². The highest BCUT2D eigenvalue weighted by molar-refractivity contribution is 4.85. The molecule has 3 heteroatoms. The third-order valence-electron chi connectivity index (χ3n) is 2.88. The second-order valence-corrected chi connectivity index (χ2v) is 3.58. The Balaban J connectivity index is 2.04. The summed E-state index contributed by atoms with van der Waals surface area (Å²) in [6.45, 7) is 7.08. The van der Waals surface area contributed by atoms with Crippen LogP contribution in [0.3, 0.4) is 0 Å². The fraction of sp³-hybridized carbons (Fsp3) is 1.00. The van der Waals surface area contributed by atoms with Gasteiger partial charge in [-0.3, -0.25) is 4.90 Å². The highest BCUT2D eigenvalue weighted by atomic mass is 15.3. The molecule has 64 valence electrons. The van der Waals surface area contributed by atoms with E-state index in [1.807, 2.05) is 0 Å². The number of hydrogen-bond donors (Lipinski definition) is 1. The summed E-state index contributed by atoms with van der Waals surface area (Å²) in [4.78, 5) is 5.09. The van der Waals surface area contributed by atoms with E-state index in [9.17, 15) is 0 Å². The summed E-state index contributed by atoms with van der Waals surface area (Å²) < 4.78 is 0. The van der Waals surface area contributed by atoms with Gasteiger partial charge in [0.15, 0.2) is 0 Å². The summed E-state index contributed by atoms with van der Waals surface area (Å²) >= 11 is 0. The lowest BCUT2D eigenvalue weighted by Gasteiger charge is -2.36. The van der Waals surface area contributed by atoms with E-state index in [0.29, 0.717) is 6.04 Å². The summed E-state index contributed by atoms with van der Waals surface area (Å²) in [6.07, 6.45) is 1.33. The standard InChI is InChI=1S/C8H17N3/c9-6-8-7-10-2-1-3-11(8)5-4-10/h8H,1-7,9H2/t8-/m1/s1. The van der Waals surface area contributed by atoms with E-state index < -0.39 is 0 Å². The lowest BCUT2D eigenvalue weighted by Crippen LogP contribution is -2.52. The maximum atomic E-state index is 5.69. The molecule has 3 rings (SSSR count). The topological polar surface area (TPSA) is 32.5 Å². The van der Waals surface area contributed by atoms with Crippen LogP contribution in [-0.2, 0) is 0 Å². The van der Waals surface area contributed by atoms with Crippen LogP contribution in [0.2, 0.25) is 0 Å². The average Bonchev–Trinajstić information content (AvgIpc) is 2.37. The zero-order valence-corrected chi connectivity index (χ0v) is 7.00. The van der Waals surface area contributed by atoms with Crippen molar-refractivity contribution < 1.29 is 0 Å². The first-order valence-electron chi connectivity index (χ1n) is 4.56. The van der Waals surface area contributed by atoms with Gasteiger partial charge in [0.05, 0.1) is 0 Å². The van der Waals surface area contributed by atoms with Crippen LogP contribution in [0.4, 0.5) is 0 Å². The Bertz CT molecular complexity index is 133. The minimum absolute atomic E-state index is 0.645. The van der Waals surface area contributed by atoms with Gasteiger partial charge < -0.3 is 10.6 Å². The van der Waals surface area contributed by atoms with Crippen molar-refractivity contribution in [1.82, 2.24) is 9.80 Å². The zero-order valence-electron chi connectivity index (χ0n) is 7.00. The van der Waals surface area contributed by atoms with E-state index in [-0.39, 0.29) is 0 Å². The smallest absolute Gasteiger partial charge is 0.0346 e. The average molecular weight is 155 g/mol. The lowest BCUT2D eigenvalue weighted by atomic mass is 10.2. The van der Waals surface area contributed by atoms with Crippen molar-refractivity contribution in [3.8, 4) is 0 Å². The molecule has 11 heavy (non-hydrogen) atoms. The summed E-state index contributed by atoms with van der Waals surface area (Å²) in [5, 5.41) is 0. The monoisotopic (exact) mass is 155 g/mol. The fourth-order valence-electron chi connectivity index (χ4n) is 2.18. The maximum Gasteiger partial charge on any atom is 0.0346 e. The van der Waals surface area contributed by atoms with Gasteiger partial charge in [-0.15, -0.1) is 0 Å². The molecule has 3 heterocycles. The first-order chi connectivity index (χ1) is 5.40. The molecule has 2 bridgehead atoms. The Kier molecular flexibility index (Phi) is 2.11. The Morgan fingerprint density at radius 2 is 2.09 bits per heavy atom. The lowest BCUT2D eigenvalue weighted by molar-refractivity contribution is 0.119. The van der Waals surface area contributed by atoms with Crippen molar-refractivity contribution in [3.63, 3.8) is 0 Å². The van der Waals surface area contributed by atoms with Gasteiger partial charge in [-0.1, -0.05) is 0 Å². The predicted molar refractivity (Wildman–Crippen MR) is 45.5 cm³/mol. The van der Waals surface area contributed by atoms with Crippen molar-refractivity contribution in [1.29, 1.82) is 0 Å². The Morgan fingerprint density at radius 1 is 1.18 bits per heavy atom.